The van der Waals surface area contributed by atoms with Crippen LogP contribution in [-0.4, -0.2) is 10.7 Å². The molecule has 0 aliphatic rings. The molecule has 0 aliphatic carbocycles. The Morgan fingerprint density at radius 2 is 2.21 bits per heavy atom. The number of nitrogens with zero attached hydrogens (tertiary/aromatic N) is 1. The molecule has 0 unspecified atom stereocenters. The zero-order valence-electron chi connectivity index (χ0n) is 7.57. The summed E-state index contributed by atoms with van der Waals surface area (Å²) in [5, 5.41) is 2.27. The van der Waals surface area contributed by atoms with Gasteiger partial charge in [-0.2, -0.15) is 12.6 Å². The molecule has 68 valence electrons. The van der Waals surface area contributed by atoms with Crippen molar-refractivity contribution in [1.82, 2.24) is 4.98 Å². The summed E-state index contributed by atoms with van der Waals surface area (Å²) in [6, 6.07) is 8.05. The molecule has 1 aromatic heterocycles. The van der Waals surface area contributed by atoms with E-state index in [9.17, 15) is 0 Å². The first-order valence-electron chi connectivity index (χ1n) is 4.34. The molecule has 14 heavy (non-hydrogen) atoms. The molecule has 2 aromatic rings. The number of hydrogen-bond acceptors (Lipinski definition) is 2. The third kappa shape index (κ3) is 1.73. The Hall–Kier alpha value is -1.46. The minimum atomic E-state index is 0.580. The van der Waals surface area contributed by atoms with Gasteiger partial charge in [0.15, 0.2) is 0 Å². The normalized spacial score (nSPS) is 9.50. The molecule has 0 aliphatic heterocycles. The van der Waals surface area contributed by atoms with E-state index in [1.165, 1.54) is 5.39 Å². The molecule has 2 rings (SSSR count). The molecular weight excluding hydrogens is 190 g/mol. The fourth-order valence-electron chi connectivity index (χ4n) is 1.36. The predicted molar refractivity (Wildman–Crippen MR) is 62.5 cm³/mol. The van der Waals surface area contributed by atoms with Gasteiger partial charge in [-0.15, -0.1) is 0 Å². The van der Waals surface area contributed by atoms with Gasteiger partial charge in [0.1, 0.15) is 0 Å². The molecule has 1 aromatic carbocycles. The molecule has 1 heterocycles. The molecular formula is C12H9NS. The highest BCUT2D eigenvalue weighted by Gasteiger charge is 1.96. The Labute approximate surface area is 88.6 Å². The number of hydrogen-bond donors (Lipinski definition) is 1. The number of pyridine rings is 1. The SMILES string of the molecule is SCC#Cc1cccc2ccncc12. The summed E-state index contributed by atoms with van der Waals surface area (Å²) < 4.78 is 0. The Morgan fingerprint density at radius 3 is 3.07 bits per heavy atom. The average Bonchev–Trinajstić information content (AvgIpc) is 2.26. The van der Waals surface area contributed by atoms with Crippen LogP contribution in [0.4, 0.5) is 0 Å². The van der Waals surface area contributed by atoms with Gasteiger partial charge < -0.3 is 0 Å². The minimum Gasteiger partial charge on any atom is -0.264 e. The molecule has 0 fully saturated rings. The highest BCUT2D eigenvalue weighted by Crippen LogP contribution is 2.15. The molecule has 2 heteroatoms. The van der Waals surface area contributed by atoms with E-state index in [1.807, 2.05) is 24.4 Å². The fourth-order valence-corrected chi connectivity index (χ4v) is 1.44. The van der Waals surface area contributed by atoms with Crippen LogP contribution in [0.25, 0.3) is 10.8 Å². The third-order valence-electron chi connectivity index (χ3n) is 1.99. The van der Waals surface area contributed by atoms with Crippen LogP contribution >= 0.6 is 12.6 Å². The van der Waals surface area contributed by atoms with Crippen molar-refractivity contribution >= 4 is 23.4 Å². The van der Waals surface area contributed by atoms with Crippen LogP contribution in [-0.2, 0) is 0 Å². The summed E-state index contributed by atoms with van der Waals surface area (Å²) in [6.07, 6.45) is 3.63. The van der Waals surface area contributed by atoms with E-state index in [4.69, 9.17) is 0 Å². The van der Waals surface area contributed by atoms with Crippen LogP contribution in [0, 0.1) is 11.8 Å². The molecule has 1 nitrogen and oxygen atoms in total. The summed E-state index contributed by atoms with van der Waals surface area (Å²) in [4.78, 5) is 4.09. The topological polar surface area (TPSA) is 12.9 Å². The zero-order chi connectivity index (χ0) is 9.80. The lowest BCUT2D eigenvalue weighted by molar-refractivity contribution is 1.36. The van der Waals surface area contributed by atoms with E-state index < -0.39 is 0 Å². The number of fused-ring (bicyclic) bond motifs is 1. The molecule has 0 saturated heterocycles. The van der Waals surface area contributed by atoms with E-state index in [0.29, 0.717) is 5.75 Å². The van der Waals surface area contributed by atoms with Crippen molar-refractivity contribution < 1.29 is 0 Å². The van der Waals surface area contributed by atoms with Crippen LogP contribution < -0.4 is 0 Å². The first-order valence-corrected chi connectivity index (χ1v) is 4.97. The van der Waals surface area contributed by atoms with Gasteiger partial charge in [-0.3, -0.25) is 4.98 Å². The number of thiol groups is 1. The summed E-state index contributed by atoms with van der Waals surface area (Å²) in [6.45, 7) is 0. The summed E-state index contributed by atoms with van der Waals surface area (Å²) in [5.74, 6) is 6.59. The van der Waals surface area contributed by atoms with E-state index in [1.54, 1.807) is 6.20 Å². The van der Waals surface area contributed by atoms with Crippen molar-refractivity contribution in [3.63, 3.8) is 0 Å². The summed E-state index contributed by atoms with van der Waals surface area (Å²) >= 11 is 4.06. The Bertz CT molecular complexity index is 503. The first-order chi connectivity index (χ1) is 6.92. The quantitative estimate of drug-likeness (QED) is 0.508. The Balaban J connectivity index is 2.65. The van der Waals surface area contributed by atoms with Gasteiger partial charge in [0.05, 0.1) is 5.75 Å². The predicted octanol–water partition coefficient (Wildman–Crippen LogP) is 2.52. The lowest BCUT2D eigenvalue weighted by atomic mass is 10.1. The maximum absolute atomic E-state index is 4.09. The van der Waals surface area contributed by atoms with Crippen molar-refractivity contribution in [2.24, 2.45) is 0 Å². The highest BCUT2D eigenvalue weighted by molar-refractivity contribution is 7.80. The van der Waals surface area contributed by atoms with E-state index in [0.717, 1.165) is 10.9 Å². The van der Waals surface area contributed by atoms with Crippen molar-refractivity contribution in [2.75, 3.05) is 5.75 Å². The first kappa shape index (κ1) is 9.11. The van der Waals surface area contributed by atoms with Crippen LogP contribution in [0.2, 0.25) is 0 Å². The van der Waals surface area contributed by atoms with Gasteiger partial charge >= 0.3 is 0 Å². The van der Waals surface area contributed by atoms with Gasteiger partial charge in [0.2, 0.25) is 0 Å². The minimum absolute atomic E-state index is 0.580. The lowest BCUT2D eigenvalue weighted by Crippen LogP contribution is -1.80. The second kappa shape index (κ2) is 4.17. The van der Waals surface area contributed by atoms with Crippen LogP contribution in [0.1, 0.15) is 5.56 Å². The second-order valence-electron chi connectivity index (χ2n) is 2.86. The van der Waals surface area contributed by atoms with E-state index in [2.05, 4.69) is 35.5 Å². The van der Waals surface area contributed by atoms with E-state index in [-0.39, 0.29) is 0 Å². The largest absolute Gasteiger partial charge is 0.264 e. The van der Waals surface area contributed by atoms with Crippen LogP contribution in [0.3, 0.4) is 0 Å². The molecule has 0 spiro atoms. The maximum atomic E-state index is 4.09. The monoisotopic (exact) mass is 199 g/mol. The third-order valence-corrected chi connectivity index (χ3v) is 2.14. The van der Waals surface area contributed by atoms with Crippen LogP contribution in [0.15, 0.2) is 36.7 Å². The number of rotatable bonds is 0. The molecule has 0 bridgehead atoms. The van der Waals surface area contributed by atoms with Gasteiger partial charge in [0.25, 0.3) is 0 Å². The zero-order valence-corrected chi connectivity index (χ0v) is 8.46. The molecule has 0 N–H and O–H groups in total. The smallest absolute Gasteiger partial charge is 0.0521 e. The Kier molecular flexibility index (Phi) is 2.71. The van der Waals surface area contributed by atoms with Crippen molar-refractivity contribution in [3.05, 3.63) is 42.2 Å². The molecule has 0 atom stereocenters. The van der Waals surface area contributed by atoms with Gasteiger partial charge in [-0.05, 0) is 17.5 Å². The number of benzene rings is 1. The molecule has 0 radical (unpaired) electrons. The average molecular weight is 199 g/mol. The standard InChI is InChI=1S/C12H9NS/c14-8-2-5-10-3-1-4-11-6-7-13-9-12(10)11/h1,3-4,6-7,9,14H,8H2. The van der Waals surface area contributed by atoms with E-state index >= 15 is 0 Å². The molecule has 0 saturated carbocycles. The van der Waals surface area contributed by atoms with Gasteiger partial charge in [-0.25, -0.2) is 0 Å². The summed E-state index contributed by atoms with van der Waals surface area (Å²) in [7, 11) is 0. The Morgan fingerprint density at radius 1 is 1.29 bits per heavy atom. The van der Waals surface area contributed by atoms with Gasteiger partial charge in [0, 0.05) is 23.3 Å². The van der Waals surface area contributed by atoms with Crippen LogP contribution in [0.5, 0.6) is 0 Å². The number of aromatic nitrogens is 1. The molecule has 0 amide bonds. The fraction of sp³-hybridized carbons (Fsp3) is 0.0833. The lowest BCUT2D eigenvalue weighted by Gasteiger charge is -1.98. The van der Waals surface area contributed by atoms with Gasteiger partial charge in [-0.1, -0.05) is 24.0 Å². The van der Waals surface area contributed by atoms with Crippen molar-refractivity contribution in [1.29, 1.82) is 0 Å². The van der Waals surface area contributed by atoms with Crippen molar-refractivity contribution in [2.45, 2.75) is 0 Å². The maximum Gasteiger partial charge on any atom is 0.0521 e. The second-order valence-corrected chi connectivity index (χ2v) is 3.18. The highest BCUT2D eigenvalue weighted by atomic mass is 32.1. The summed E-state index contributed by atoms with van der Waals surface area (Å²) in [5.41, 5.74) is 1.02. The van der Waals surface area contributed by atoms with Crippen molar-refractivity contribution in [3.8, 4) is 11.8 Å².